The van der Waals surface area contributed by atoms with E-state index >= 15 is 0 Å². The largest absolute Gasteiger partial charge is 0.467 e. The van der Waals surface area contributed by atoms with E-state index in [-0.39, 0.29) is 6.54 Å². The summed E-state index contributed by atoms with van der Waals surface area (Å²) in [6.07, 6.45) is 1.50. The minimum Gasteiger partial charge on any atom is -0.467 e. The van der Waals surface area contributed by atoms with Gasteiger partial charge in [0.05, 0.1) is 12.8 Å². The van der Waals surface area contributed by atoms with Gasteiger partial charge in [-0.05, 0) is 19.1 Å². The second kappa shape index (κ2) is 5.41. The first-order valence-corrected chi connectivity index (χ1v) is 4.78. The molecule has 1 heterocycles. The SMILES string of the molecule is CC(Cl)C(=O)NC(=O)NCc1ccco1. The standard InChI is InChI=1S/C9H11ClN2O3/c1-6(10)8(13)12-9(14)11-5-7-3-2-4-15-7/h2-4,6H,5H2,1H3,(H2,11,12,13,14). The molecule has 0 aliphatic heterocycles. The quantitative estimate of drug-likeness (QED) is 0.768. The van der Waals surface area contributed by atoms with Crippen LogP contribution in [0.1, 0.15) is 12.7 Å². The van der Waals surface area contributed by atoms with Crippen LogP contribution in [0.2, 0.25) is 0 Å². The number of nitrogens with one attached hydrogen (secondary N) is 2. The Kier molecular flexibility index (Phi) is 4.17. The molecule has 15 heavy (non-hydrogen) atoms. The molecule has 82 valence electrons. The summed E-state index contributed by atoms with van der Waals surface area (Å²) in [5.41, 5.74) is 0. The number of hydrogen-bond acceptors (Lipinski definition) is 3. The van der Waals surface area contributed by atoms with Crippen molar-refractivity contribution in [2.24, 2.45) is 0 Å². The van der Waals surface area contributed by atoms with Gasteiger partial charge in [-0.15, -0.1) is 11.6 Å². The normalized spacial score (nSPS) is 11.9. The number of carbonyl (C=O) groups is 2. The van der Waals surface area contributed by atoms with Crippen LogP contribution in [0.25, 0.3) is 0 Å². The average Bonchev–Trinajstić information content (AvgIpc) is 2.66. The minimum atomic E-state index is -0.737. The van der Waals surface area contributed by atoms with Crippen molar-refractivity contribution in [1.29, 1.82) is 0 Å². The lowest BCUT2D eigenvalue weighted by molar-refractivity contribution is -0.119. The van der Waals surface area contributed by atoms with Crippen LogP contribution < -0.4 is 10.6 Å². The van der Waals surface area contributed by atoms with Crippen molar-refractivity contribution in [2.45, 2.75) is 18.8 Å². The summed E-state index contributed by atoms with van der Waals surface area (Å²) < 4.78 is 4.98. The highest BCUT2D eigenvalue weighted by Gasteiger charge is 2.12. The van der Waals surface area contributed by atoms with Crippen LogP contribution >= 0.6 is 11.6 Å². The summed E-state index contributed by atoms with van der Waals surface area (Å²) in [5.74, 6) is 0.0742. The second-order valence-corrected chi connectivity index (χ2v) is 3.52. The molecule has 1 rings (SSSR count). The number of furan rings is 1. The Morgan fingerprint density at radius 1 is 1.60 bits per heavy atom. The molecule has 0 spiro atoms. The zero-order valence-corrected chi connectivity index (χ0v) is 8.88. The van der Waals surface area contributed by atoms with E-state index in [1.54, 1.807) is 12.1 Å². The fourth-order valence-corrected chi connectivity index (χ4v) is 0.891. The van der Waals surface area contributed by atoms with Crippen molar-refractivity contribution in [3.8, 4) is 0 Å². The number of imide groups is 1. The van der Waals surface area contributed by atoms with Gasteiger partial charge in [-0.25, -0.2) is 4.79 Å². The Morgan fingerprint density at radius 3 is 2.87 bits per heavy atom. The molecular formula is C9H11ClN2O3. The van der Waals surface area contributed by atoms with Crippen LogP contribution in [0.4, 0.5) is 4.79 Å². The predicted molar refractivity (Wildman–Crippen MR) is 54.4 cm³/mol. The zero-order chi connectivity index (χ0) is 11.3. The van der Waals surface area contributed by atoms with Crippen molar-refractivity contribution in [2.75, 3.05) is 0 Å². The molecule has 1 atom stereocenters. The number of hydrogen-bond donors (Lipinski definition) is 2. The average molecular weight is 231 g/mol. The van der Waals surface area contributed by atoms with E-state index in [0.29, 0.717) is 5.76 Å². The first-order valence-electron chi connectivity index (χ1n) is 4.34. The molecule has 3 amide bonds. The number of alkyl halides is 1. The Bertz CT molecular complexity index is 335. The molecule has 0 aliphatic carbocycles. The van der Waals surface area contributed by atoms with Gasteiger partial charge in [0.15, 0.2) is 0 Å². The predicted octanol–water partition coefficient (Wildman–Crippen LogP) is 1.23. The summed E-state index contributed by atoms with van der Waals surface area (Å²) in [5, 5.41) is 3.79. The van der Waals surface area contributed by atoms with E-state index in [4.69, 9.17) is 16.0 Å². The number of urea groups is 1. The van der Waals surface area contributed by atoms with E-state index in [2.05, 4.69) is 10.6 Å². The molecule has 5 nitrogen and oxygen atoms in total. The van der Waals surface area contributed by atoms with E-state index in [0.717, 1.165) is 0 Å². The Labute approximate surface area is 91.8 Å². The van der Waals surface area contributed by atoms with Gasteiger partial charge in [0.1, 0.15) is 11.1 Å². The van der Waals surface area contributed by atoms with Crippen molar-refractivity contribution in [3.05, 3.63) is 24.2 Å². The molecular weight excluding hydrogens is 220 g/mol. The van der Waals surface area contributed by atoms with Gasteiger partial charge in [0.25, 0.3) is 0 Å². The molecule has 0 aliphatic rings. The lowest BCUT2D eigenvalue weighted by atomic mass is 10.4. The first-order chi connectivity index (χ1) is 7.09. The van der Waals surface area contributed by atoms with Crippen LogP contribution in [0.15, 0.2) is 22.8 Å². The summed E-state index contributed by atoms with van der Waals surface area (Å²) >= 11 is 5.46. The highest BCUT2D eigenvalue weighted by Crippen LogP contribution is 1.98. The van der Waals surface area contributed by atoms with E-state index in [1.165, 1.54) is 13.2 Å². The minimum absolute atomic E-state index is 0.225. The topological polar surface area (TPSA) is 71.3 Å². The molecule has 6 heteroatoms. The Hall–Kier alpha value is -1.49. The second-order valence-electron chi connectivity index (χ2n) is 2.87. The molecule has 0 radical (unpaired) electrons. The van der Waals surface area contributed by atoms with E-state index in [9.17, 15) is 9.59 Å². The van der Waals surface area contributed by atoms with Gasteiger partial charge in [-0.3, -0.25) is 10.1 Å². The third-order valence-corrected chi connectivity index (χ3v) is 1.80. The number of rotatable bonds is 3. The molecule has 0 aromatic carbocycles. The van der Waals surface area contributed by atoms with Crippen molar-refractivity contribution in [3.63, 3.8) is 0 Å². The fourth-order valence-electron chi connectivity index (χ4n) is 0.836. The first kappa shape index (κ1) is 11.6. The van der Waals surface area contributed by atoms with Crippen LogP contribution in [0.3, 0.4) is 0 Å². The Balaban J connectivity index is 2.28. The molecule has 2 N–H and O–H groups in total. The monoisotopic (exact) mass is 230 g/mol. The highest BCUT2D eigenvalue weighted by atomic mass is 35.5. The van der Waals surface area contributed by atoms with E-state index in [1.807, 2.05) is 0 Å². The van der Waals surface area contributed by atoms with Gasteiger partial charge in [-0.2, -0.15) is 0 Å². The van der Waals surface area contributed by atoms with Gasteiger partial charge in [0, 0.05) is 0 Å². The van der Waals surface area contributed by atoms with E-state index < -0.39 is 17.3 Å². The lowest BCUT2D eigenvalue weighted by Gasteiger charge is -2.05. The highest BCUT2D eigenvalue weighted by molar-refractivity contribution is 6.31. The third kappa shape index (κ3) is 4.03. The Morgan fingerprint density at radius 2 is 2.33 bits per heavy atom. The zero-order valence-electron chi connectivity index (χ0n) is 8.12. The van der Waals surface area contributed by atoms with Crippen molar-refractivity contribution < 1.29 is 14.0 Å². The smallest absolute Gasteiger partial charge is 0.321 e. The maximum Gasteiger partial charge on any atom is 0.321 e. The van der Waals surface area contributed by atoms with Crippen LogP contribution in [0, 0.1) is 0 Å². The molecule has 0 bridgehead atoms. The number of carbonyl (C=O) groups excluding carboxylic acids is 2. The van der Waals surface area contributed by atoms with Gasteiger partial charge >= 0.3 is 6.03 Å². The summed E-state index contributed by atoms with van der Waals surface area (Å²) in [4.78, 5) is 22.1. The van der Waals surface area contributed by atoms with Crippen LogP contribution in [-0.2, 0) is 11.3 Å². The maximum atomic E-state index is 11.1. The van der Waals surface area contributed by atoms with Crippen molar-refractivity contribution >= 4 is 23.5 Å². The maximum absolute atomic E-state index is 11.1. The molecule has 1 unspecified atom stereocenters. The van der Waals surface area contributed by atoms with Crippen LogP contribution in [-0.4, -0.2) is 17.3 Å². The summed E-state index contributed by atoms with van der Waals surface area (Å²) in [6, 6.07) is 2.83. The summed E-state index contributed by atoms with van der Waals surface area (Å²) in [7, 11) is 0. The lowest BCUT2D eigenvalue weighted by Crippen LogP contribution is -2.41. The van der Waals surface area contributed by atoms with Crippen molar-refractivity contribution in [1.82, 2.24) is 10.6 Å². The van der Waals surface area contributed by atoms with Crippen LogP contribution in [0.5, 0.6) is 0 Å². The third-order valence-electron chi connectivity index (χ3n) is 1.60. The molecule has 0 fully saturated rings. The molecule has 1 aromatic heterocycles. The molecule has 1 aromatic rings. The number of halogens is 1. The van der Waals surface area contributed by atoms with Gasteiger partial charge in [-0.1, -0.05) is 0 Å². The molecule has 0 saturated heterocycles. The number of amides is 3. The van der Waals surface area contributed by atoms with Gasteiger partial charge in [0.2, 0.25) is 5.91 Å². The van der Waals surface area contributed by atoms with Gasteiger partial charge < -0.3 is 9.73 Å². The summed E-state index contributed by atoms with van der Waals surface area (Å²) in [6.45, 7) is 1.71. The fraction of sp³-hybridized carbons (Fsp3) is 0.333. The molecule has 0 saturated carbocycles.